The number of allylic oxidation sites excluding steroid dienone is 1. The summed E-state index contributed by atoms with van der Waals surface area (Å²) < 4.78 is 10.9. The number of hydrogen-bond acceptors (Lipinski definition) is 7. The first kappa shape index (κ1) is 23.9. The van der Waals surface area contributed by atoms with E-state index in [0.717, 1.165) is 61.7 Å². The summed E-state index contributed by atoms with van der Waals surface area (Å²) in [6.45, 7) is 1.77. The van der Waals surface area contributed by atoms with Gasteiger partial charge in [0.25, 0.3) is 0 Å². The van der Waals surface area contributed by atoms with Crippen LogP contribution in [0.2, 0.25) is 0 Å². The quantitative estimate of drug-likeness (QED) is 0.583. The number of nitrogens with two attached hydrogens (primary N) is 1. The monoisotopic (exact) mass is 455 g/mol. The van der Waals surface area contributed by atoms with E-state index in [1.54, 1.807) is 14.2 Å². The summed E-state index contributed by atoms with van der Waals surface area (Å²) >= 11 is 0. The van der Waals surface area contributed by atoms with Gasteiger partial charge in [0.2, 0.25) is 0 Å². The molecule has 4 rings (SSSR count). The molecule has 182 valence electrons. The highest BCUT2D eigenvalue weighted by Crippen LogP contribution is 2.38. The number of likely N-dealkylation sites (N-methyl/N-ethyl adjacent to an activating group) is 1. The van der Waals surface area contributed by atoms with Gasteiger partial charge in [-0.2, -0.15) is 0 Å². The molecule has 1 aliphatic heterocycles. The van der Waals surface area contributed by atoms with Crippen LogP contribution in [0.5, 0.6) is 11.5 Å². The molecule has 33 heavy (non-hydrogen) atoms. The van der Waals surface area contributed by atoms with Crippen molar-refractivity contribution in [3.05, 3.63) is 35.0 Å². The van der Waals surface area contributed by atoms with Gasteiger partial charge in [0.15, 0.2) is 5.79 Å². The maximum Gasteiger partial charge on any atom is 0.187 e. The molecule has 0 spiro atoms. The van der Waals surface area contributed by atoms with E-state index in [2.05, 4.69) is 29.6 Å². The number of aliphatic imine (C=N–C) groups is 1. The van der Waals surface area contributed by atoms with Crippen LogP contribution in [0.1, 0.15) is 56.9 Å². The molecule has 0 bridgehead atoms. The Labute approximate surface area is 198 Å². The SMILES string of the molecule is COc1ccc(OC)c(CNCC2CCC(C3(N)N=C(N(C)C)C4=C(CCCC4)N3)CC2)c1. The minimum absolute atomic E-state index is 0.359. The molecule has 1 atom stereocenters. The highest BCUT2D eigenvalue weighted by Gasteiger charge is 2.42. The van der Waals surface area contributed by atoms with Crippen molar-refractivity contribution < 1.29 is 9.47 Å². The predicted molar refractivity (Wildman–Crippen MR) is 133 cm³/mol. The van der Waals surface area contributed by atoms with Crippen molar-refractivity contribution in [1.82, 2.24) is 15.5 Å². The number of amidine groups is 1. The van der Waals surface area contributed by atoms with Gasteiger partial charge >= 0.3 is 0 Å². The van der Waals surface area contributed by atoms with E-state index < -0.39 is 5.79 Å². The van der Waals surface area contributed by atoms with Gasteiger partial charge < -0.3 is 25.0 Å². The molecule has 0 radical (unpaired) electrons. The lowest BCUT2D eigenvalue weighted by molar-refractivity contribution is 0.150. The van der Waals surface area contributed by atoms with E-state index in [1.165, 1.54) is 37.0 Å². The summed E-state index contributed by atoms with van der Waals surface area (Å²) in [5, 5.41) is 7.33. The minimum Gasteiger partial charge on any atom is -0.497 e. The molecule has 1 aromatic rings. The summed E-state index contributed by atoms with van der Waals surface area (Å²) in [4.78, 5) is 7.24. The lowest BCUT2D eigenvalue weighted by Crippen LogP contribution is -2.61. The van der Waals surface area contributed by atoms with Crippen molar-refractivity contribution in [2.45, 2.75) is 63.7 Å². The van der Waals surface area contributed by atoms with E-state index in [4.69, 9.17) is 20.2 Å². The first-order valence-electron chi connectivity index (χ1n) is 12.4. The molecule has 0 amide bonds. The zero-order valence-corrected chi connectivity index (χ0v) is 20.7. The van der Waals surface area contributed by atoms with Gasteiger partial charge in [-0.25, -0.2) is 4.99 Å². The number of nitrogens with zero attached hydrogens (tertiary/aromatic N) is 2. The molecule has 7 heteroatoms. The van der Waals surface area contributed by atoms with Crippen LogP contribution in [0.25, 0.3) is 0 Å². The fourth-order valence-electron chi connectivity index (χ4n) is 5.60. The largest absolute Gasteiger partial charge is 0.497 e. The third-order valence-corrected chi connectivity index (χ3v) is 7.51. The van der Waals surface area contributed by atoms with E-state index in [1.807, 2.05) is 18.2 Å². The summed E-state index contributed by atoms with van der Waals surface area (Å²) in [5.41, 5.74) is 10.8. The second kappa shape index (κ2) is 10.3. The molecule has 0 saturated heterocycles. The van der Waals surface area contributed by atoms with Crippen LogP contribution in [0.15, 0.2) is 34.5 Å². The number of hydrogen-bond donors (Lipinski definition) is 3. The Morgan fingerprint density at radius 3 is 2.58 bits per heavy atom. The smallest absolute Gasteiger partial charge is 0.187 e. The molecule has 0 aromatic heterocycles. The lowest BCUT2D eigenvalue weighted by Gasteiger charge is -2.45. The van der Waals surface area contributed by atoms with E-state index in [0.29, 0.717) is 11.8 Å². The fraction of sp³-hybridized carbons (Fsp3) is 0.654. The highest BCUT2D eigenvalue weighted by atomic mass is 16.5. The molecule has 1 saturated carbocycles. The second-order valence-corrected chi connectivity index (χ2v) is 9.97. The van der Waals surface area contributed by atoms with Gasteiger partial charge in [-0.15, -0.1) is 0 Å². The Hall–Kier alpha value is -2.25. The first-order valence-corrected chi connectivity index (χ1v) is 12.4. The van der Waals surface area contributed by atoms with Crippen LogP contribution in [0.4, 0.5) is 0 Å². The average Bonchev–Trinajstić information content (AvgIpc) is 2.83. The summed E-state index contributed by atoms with van der Waals surface area (Å²) in [5.74, 6) is 3.18. The van der Waals surface area contributed by atoms with Crippen molar-refractivity contribution in [3.63, 3.8) is 0 Å². The molecular weight excluding hydrogens is 414 g/mol. The average molecular weight is 456 g/mol. The Kier molecular flexibility index (Phi) is 7.49. The molecule has 1 aromatic carbocycles. The summed E-state index contributed by atoms with van der Waals surface area (Å²) in [7, 11) is 7.58. The van der Waals surface area contributed by atoms with Crippen molar-refractivity contribution in [1.29, 1.82) is 0 Å². The summed E-state index contributed by atoms with van der Waals surface area (Å²) in [6.07, 6.45) is 9.22. The van der Waals surface area contributed by atoms with Crippen molar-refractivity contribution in [2.24, 2.45) is 22.6 Å². The van der Waals surface area contributed by atoms with Crippen LogP contribution >= 0.6 is 0 Å². The standard InChI is InChI=1S/C26H41N5O2/c1-31(2)25-22-7-5-6-8-23(22)29-26(27,30-25)20-11-9-18(10-12-20)16-28-17-19-15-21(32-3)13-14-24(19)33-4/h13-15,18,20,28-29H,5-12,16-17,27H2,1-4H3. The van der Waals surface area contributed by atoms with E-state index >= 15 is 0 Å². The van der Waals surface area contributed by atoms with Gasteiger partial charge in [-0.3, -0.25) is 5.73 Å². The number of rotatable bonds is 7. The van der Waals surface area contributed by atoms with Crippen molar-refractivity contribution in [2.75, 3.05) is 34.9 Å². The predicted octanol–water partition coefficient (Wildman–Crippen LogP) is 3.60. The molecule has 3 aliphatic rings. The van der Waals surface area contributed by atoms with Gasteiger partial charge in [-0.05, 0) is 82.0 Å². The first-order chi connectivity index (χ1) is 15.9. The van der Waals surface area contributed by atoms with Crippen LogP contribution < -0.4 is 25.8 Å². The Morgan fingerprint density at radius 1 is 1.12 bits per heavy atom. The topological polar surface area (TPSA) is 84.1 Å². The molecular formula is C26H41N5O2. The number of ether oxygens (including phenoxy) is 2. The summed E-state index contributed by atoms with van der Waals surface area (Å²) in [6, 6.07) is 5.95. The Bertz CT molecular complexity index is 889. The van der Waals surface area contributed by atoms with Gasteiger partial charge in [0.05, 0.1) is 14.2 Å². The van der Waals surface area contributed by atoms with Crippen LogP contribution in [-0.4, -0.2) is 51.4 Å². The number of nitrogens with one attached hydrogen (secondary N) is 2. The maximum atomic E-state index is 6.95. The second-order valence-electron chi connectivity index (χ2n) is 9.97. The number of methoxy groups -OCH3 is 2. The van der Waals surface area contributed by atoms with Crippen LogP contribution in [0, 0.1) is 11.8 Å². The van der Waals surface area contributed by atoms with Gasteiger partial charge in [0.1, 0.15) is 17.3 Å². The number of benzene rings is 1. The molecule has 1 unspecified atom stereocenters. The molecule has 2 aliphatic carbocycles. The highest BCUT2D eigenvalue weighted by molar-refractivity contribution is 5.99. The Morgan fingerprint density at radius 2 is 1.88 bits per heavy atom. The van der Waals surface area contributed by atoms with E-state index in [-0.39, 0.29) is 0 Å². The van der Waals surface area contributed by atoms with Crippen molar-refractivity contribution in [3.8, 4) is 11.5 Å². The third kappa shape index (κ3) is 5.30. The zero-order chi connectivity index (χ0) is 23.4. The lowest BCUT2D eigenvalue weighted by atomic mass is 9.77. The van der Waals surface area contributed by atoms with Crippen molar-refractivity contribution >= 4 is 5.84 Å². The molecule has 1 fully saturated rings. The molecule has 4 N–H and O–H groups in total. The fourth-order valence-corrected chi connectivity index (χ4v) is 5.60. The van der Waals surface area contributed by atoms with Gasteiger partial charge in [0, 0.05) is 43.4 Å². The normalized spacial score (nSPS) is 27.4. The Balaban J connectivity index is 1.32. The zero-order valence-electron chi connectivity index (χ0n) is 20.7. The molecule has 1 heterocycles. The third-order valence-electron chi connectivity index (χ3n) is 7.51. The van der Waals surface area contributed by atoms with Crippen LogP contribution in [0.3, 0.4) is 0 Å². The van der Waals surface area contributed by atoms with Crippen LogP contribution in [-0.2, 0) is 6.54 Å². The molecule has 7 nitrogen and oxygen atoms in total. The minimum atomic E-state index is -0.678. The van der Waals surface area contributed by atoms with Gasteiger partial charge in [-0.1, -0.05) is 0 Å². The maximum absolute atomic E-state index is 6.95. The van der Waals surface area contributed by atoms with E-state index in [9.17, 15) is 0 Å².